The molecule has 0 aliphatic rings. The maximum atomic E-state index is 11.8. The minimum Gasteiger partial charge on any atom is -0.495 e. The number of aromatic nitrogens is 1. The Morgan fingerprint density at radius 2 is 2.07 bits per heavy atom. The average Bonchev–Trinajstić information content (AvgIpc) is 2.06. The van der Waals surface area contributed by atoms with E-state index in [4.69, 9.17) is 4.74 Å². The summed E-state index contributed by atoms with van der Waals surface area (Å²) in [5.74, 6) is -0.336. The van der Waals surface area contributed by atoms with Crippen molar-refractivity contribution in [1.29, 1.82) is 0 Å². The van der Waals surface area contributed by atoms with Crippen molar-refractivity contribution in [3.63, 3.8) is 0 Å². The van der Waals surface area contributed by atoms with Crippen LogP contribution in [-0.2, 0) is 0 Å². The van der Waals surface area contributed by atoms with E-state index in [0.717, 1.165) is 6.07 Å². The highest BCUT2D eigenvalue weighted by molar-refractivity contribution is 9.10. The average molecular weight is 272 g/mol. The van der Waals surface area contributed by atoms with Crippen LogP contribution in [0.1, 0.15) is 0 Å². The lowest BCUT2D eigenvalue weighted by molar-refractivity contribution is -0.276. The third kappa shape index (κ3) is 3.06. The molecule has 0 atom stereocenters. The van der Waals surface area contributed by atoms with Crippen LogP contribution in [0.3, 0.4) is 0 Å². The van der Waals surface area contributed by atoms with Crippen molar-refractivity contribution in [3.8, 4) is 11.6 Å². The molecule has 0 radical (unpaired) electrons. The van der Waals surface area contributed by atoms with Crippen molar-refractivity contribution < 1.29 is 22.6 Å². The first-order valence-electron chi connectivity index (χ1n) is 3.37. The van der Waals surface area contributed by atoms with Crippen LogP contribution in [0.5, 0.6) is 11.6 Å². The van der Waals surface area contributed by atoms with E-state index in [2.05, 4.69) is 25.7 Å². The van der Waals surface area contributed by atoms with E-state index in [-0.39, 0.29) is 5.75 Å². The Morgan fingerprint density at radius 1 is 1.43 bits per heavy atom. The SMILES string of the molecule is COc1cc(OC(F)(F)F)ncc1Br. The van der Waals surface area contributed by atoms with E-state index in [1.807, 2.05) is 0 Å². The maximum Gasteiger partial charge on any atom is 0.574 e. The molecule has 0 bridgehead atoms. The minimum absolute atomic E-state index is 0.222. The van der Waals surface area contributed by atoms with Gasteiger partial charge in [0.25, 0.3) is 0 Å². The van der Waals surface area contributed by atoms with Crippen molar-refractivity contribution in [2.75, 3.05) is 7.11 Å². The quantitative estimate of drug-likeness (QED) is 0.829. The molecule has 1 aromatic heterocycles. The highest BCUT2D eigenvalue weighted by Gasteiger charge is 2.32. The summed E-state index contributed by atoms with van der Waals surface area (Å²) in [6, 6.07) is 1.04. The van der Waals surface area contributed by atoms with E-state index in [9.17, 15) is 13.2 Å². The summed E-state index contributed by atoms with van der Waals surface area (Å²) in [5, 5.41) is 0. The van der Waals surface area contributed by atoms with Crippen LogP contribution in [0, 0.1) is 0 Å². The first-order valence-corrected chi connectivity index (χ1v) is 4.17. The van der Waals surface area contributed by atoms with Crippen LogP contribution in [-0.4, -0.2) is 18.5 Å². The Labute approximate surface area is 86.0 Å². The third-order valence-electron chi connectivity index (χ3n) is 1.24. The van der Waals surface area contributed by atoms with E-state index in [1.54, 1.807) is 0 Å². The molecule has 1 heterocycles. The second-order valence-corrected chi connectivity index (χ2v) is 3.06. The van der Waals surface area contributed by atoms with Crippen molar-refractivity contribution in [3.05, 3.63) is 16.7 Å². The van der Waals surface area contributed by atoms with Gasteiger partial charge in [-0.3, -0.25) is 0 Å². The van der Waals surface area contributed by atoms with Gasteiger partial charge in [-0.15, -0.1) is 13.2 Å². The highest BCUT2D eigenvalue weighted by atomic mass is 79.9. The third-order valence-corrected chi connectivity index (χ3v) is 1.83. The van der Waals surface area contributed by atoms with Crippen LogP contribution in [0.4, 0.5) is 13.2 Å². The van der Waals surface area contributed by atoms with Crippen LogP contribution >= 0.6 is 15.9 Å². The summed E-state index contributed by atoms with van der Waals surface area (Å²) < 4.78 is 44.1. The molecule has 0 saturated heterocycles. The van der Waals surface area contributed by atoms with Gasteiger partial charge in [-0.2, -0.15) is 0 Å². The summed E-state index contributed by atoms with van der Waals surface area (Å²) in [5.41, 5.74) is 0. The molecule has 0 amide bonds. The molecule has 0 aromatic carbocycles. The standard InChI is InChI=1S/C7H5BrF3NO2/c1-13-5-2-6(12-3-4(5)8)14-7(9,10)11/h2-3H,1H3. The number of hydrogen-bond donors (Lipinski definition) is 0. The second-order valence-electron chi connectivity index (χ2n) is 2.20. The number of methoxy groups -OCH3 is 1. The Hall–Kier alpha value is -0.980. The molecule has 78 valence electrons. The Morgan fingerprint density at radius 3 is 2.57 bits per heavy atom. The molecule has 3 nitrogen and oxygen atoms in total. The van der Waals surface area contributed by atoms with Gasteiger partial charge >= 0.3 is 6.36 Å². The number of ether oxygens (including phenoxy) is 2. The highest BCUT2D eigenvalue weighted by Crippen LogP contribution is 2.29. The Bertz CT molecular complexity index is 329. The molecule has 1 rings (SSSR count). The van der Waals surface area contributed by atoms with Crippen molar-refractivity contribution in [2.24, 2.45) is 0 Å². The summed E-state index contributed by atoms with van der Waals surface area (Å²) in [6.45, 7) is 0. The molecule has 0 spiro atoms. The smallest absolute Gasteiger partial charge is 0.495 e. The van der Waals surface area contributed by atoms with Gasteiger partial charge in [-0.05, 0) is 15.9 Å². The first-order chi connectivity index (χ1) is 6.42. The van der Waals surface area contributed by atoms with Gasteiger partial charge in [0.05, 0.1) is 11.6 Å². The predicted molar refractivity (Wildman–Crippen MR) is 45.2 cm³/mol. The van der Waals surface area contributed by atoms with Gasteiger partial charge < -0.3 is 9.47 Å². The second kappa shape index (κ2) is 4.04. The zero-order valence-corrected chi connectivity index (χ0v) is 8.52. The molecule has 14 heavy (non-hydrogen) atoms. The van der Waals surface area contributed by atoms with Crippen molar-refractivity contribution in [2.45, 2.75) is 6.36 Å². The van der Waals surface area contributed by atoms with E-state index in [0.29, 0.717) is 4.47 Å². The van der Waals surface area contributed by atoms with Gasteiger partial charge in [-0.25, -0.2) is 4.98 Å². The van der Waals surface area contributed by atoms with E-state index in [1.165, 1.54) is 13.3 Å². The van der Waals surface area contributed by atoms with Crippen molar-refractivity contribution >= 4 is 15.9 Å². The minimum atomic E-state index is -4.74. The zero-order valence-electron chi connectivity index (χ0n) is 6.93. The molecular weight excluding hydrogens is 267 g/mol. The Balaban J connectivity index is 2.90. The largest absolute Gasteiger partial charge is 0.574 e. The fourth-order valence-electron chi connectivity index (χ4n) is 0.733. The molecule has 0 aliphatic heterocycles. The lowest BCUT2D eigenvalue weighted by Crippen LogP contribution is -2.17. The lowest BCUT2D eigenvalue weighted by atomic mass is 10.4. The van der Waals surface area contributed by atoms with Crippen molar-refractivity contribution in [1.82, 2.24) is 4.98 Å². The number of nitrogens with zero attached hydrogens (tertiary/aromatic N) is 1. The van der Waals surface area contributed by atoms with Crippen LogP contribution in [0.15, 0.2) is 16.7 Å². The van der Waals surface area contributed by atoms with Gasteiger partial charge in [0.2, 0.25) is 5.88 Å². The monoisotopic (exact) mass is 271 g/mol. The number of rotatable bonds is 2. The molecule has 0 unspecified atom stereocenters. The van der Waals surface area contributed by atoms with Gasteiger partial charge in [-0.1, -0.05) is 0 Å². The molecule has 7 heteroatoms. The number of halogens is 4. The molecular formula is C7H5BrF3NO2. The zero-order chi connectivity index (χ0) is 10.8. The Kier molecular flexibility index (Phi) is 3.20. The molecule has 1 aromatic rings. The van der Waals surface area contributed by atoms with Crippen LogP contribution < -0.4 is 9.47 Å². The lowest BCUT2D eigenvalue weighted by Gasteiger charge is -2.09. The predicted octanol–water partition coefficient (Wildman–Crippen LogP) is 2.75. The summed E-state index contributed by atoms with van der Waals surface area (Å²) >= 11 is 3.05. The normalized spacial score (nSPS) is 11.2. The molecule has 0 N–H and O–H groups in total. The first kappa shape index (κ1) is 11.1. The molecule has 0 fully saturated rings. The van der Waals surface area contributed by atoms with E-state index < -0.39 is 12.2 Å². The molecule has 0 aliphatic carbocycles. The van der Waals surface area contributed by atoms with E-state index >= 15 is 0 Å². The fraction of sp³-hybridized carbons (Fsp3) is 0.286. The van der Waals surface area contributed by atoms with Crippen LogP contribution in [0.25, 0.3) is 0 Å². The topological polar surface area (TPSA) is 31.4 Å². The summed E-state index contributed by atoms with van der Waals surface area (Å²) in [4.78, 5) is 3.40. The summed E-state index contributed by atoms with van der Waals surface area (Å²) in [7, 11) is 1.33. The van der Waals surface area contributed by atoms with Crippen LogP contribution in [0.2, 0.25) is 0 Å². The summed E-state index contributed by atoms with van der Waals surface area (Å²) in [6.07, 6.45) is -3.58. The number of hydrogen-bond acceptors (Lipinski definition) is 3. The van der Waals surface area contributed by atoms with Gasteiger partial charge in [0, 0.05) is 12.3 Å². The van der Waals surface area contributed by atoms with Gasteiger partial charge in [0.1, 0.15) is 5.75 Å². The number of pyridine rings is 1. The fourth-order valence-corrected chi connectivity index (χ4v) is 1.11. The maximum absolute atomic E-state index is 11.8. The van der Waals surface area contributed by atoms with Gasteiger partial charge in [0.15, 0.2) is 0 Å². The number of alkyl halides is 3. The molecule has 0 saturated carbocycles.